The summed E-state index contributed by atoms with van der Waals surface area (Å²) in [6, 6.07) is 7.91. The minimum absolute atomic E-state index is 0.322. The third kappa shape index (κ3) is 1.98. The van der Waals surface area contributed by atoms with Crippen LogP contribution >= 0.6 is 0 Å². The highest BCUT2D eigenvalue weighted by Crippen LogP contribution is 2.20. The van der Waals surface area contributed by atoms with Crippen molar-refractivity contribution in [2.24, 2.45) is 0 Å². The molecular formula is C13H14FN2. The fourth-order valence-corrected chi connectivity index (χ4v) is 1.61. The standard InChI is InChI=1S/C13H14FN2/c1-3-8-16-12(14)9-15-13(16)11-6-4-10(2)5-7-11/h4-9H,3H2,1-2H3. The molecule has 0 saturated heterocycles. The lowest BCUT2D eigenvalue weighted by Crippen LogP contribution is -2.00. The number of aryl methyl sites for hydroxylation is 1. The topological polar surface area (TPSA) is 17.8 Å². The monoisotopic (exact) mass is 217 g/mol. The molecule has 0 unspecified atom stereocenters. The largest absolute Gasteiger partial charge is 0.296 e. The molecule has 0 fully saturated rings. The van der Waals surface area contributed by atoms with Crippen LogP contribution in [0.25, 0.3) is 11.4 Å². The zero-order chi connectivity index (χ0) is 11.5. The number of rotatable bonds is 3. The van der Waals surface area contributed by atoms with Gasteiger partial charge >= 0.3 is 0 Å². The molecule has 1 aromatic carbocycles. The molecule has 0 bridgehead atoms. The van der Waals surface area contributed by atoms with E-state index in [0.717, 1.165) is 12.0 Å². The Bertz CT molecular complexity index is 471. The van der Waals surface area contributed by atoms with Crippen molar-refractivity contribution in [1.82, 2.24) is 9.55 Å². The zero-order valence-corrected chi connectivity index (χ0v) is 9.44. The Morgan fingerprint density at radius 2 is 2.00 bits per heavy atom. The Labute approximate surface area is 94.8 Å². The van der Waals surface area contributed by atoms with E-state index in [2.05, 4.69) is 4.98 Å². The van der Waals surface area contributed by atoms with Gasteiger partial charge in [0.2, 0.25) is 5.95 Å². The number of nitrogens with zero attached hydrogens (tertiary/aromatic N) is 2. The van der Waals surface area contributed by atoms with Crippen LogP contribution in [0.4, 0.5) is 4.39 Å². The normalized spacial score (nSPS) is 10.7. The van der Waals surface area contributed by atoms with Crippen molar-refractivity contribution in [3.63, 3.8) is 0 Å². The second kappa shape index (κ2) is 4.47. The van der Waals surface area contributed by atoms with Gasteiger partial charge in [0.15, 0.2) is 0 Å². The van der Waals surface area contributed by atoms with Crippen LogP contribution in [0.3, 0.4) is 0 Å². The first-order valence-corrected chi connectivity index (χ1v) is 5.35. The molecule has 2 nitrogen and oxygen atoms in total. The van der Waals surface area contributed by atoms with Crippen LogP contribution in [0.2, 0.25) is 0 Å². The fourth-order valence-electron chi connectivity index (χ4n) is 1.61. The highest BCUT2D eigenvalue weighted by Gasteiger charge is 2.10. The molecule has 3 heteroatoms. The smallest absolute Gasteiger partial charge is 0.214 e. The predicted molar refractivity (Wildman–Crippen MR) is 62.3 cm³/mol. The maximum Gasteiger partial charge on any atom is 0.214 e. The Morgan fingerprint density at radius 3 is 2.62 bits per heavy atom. The van der Waals surface area contributed by atoms with Gasteiger partial charge in [0.25, 0.3) is 0 Å². The lowest BCUT2D eigenvalue weighted by molar-refractivity contribution is 0.543. The summed E-state index contributed by atoms with van der Waals surface area (Å²) in [6.07, 6.45) is 2.02. The highest BCUT2D eigenvalue weighted by atomic mass is 19.1. The van der Waals surface area contributed by atoms with E-state index in [9.17, 15) is 4.39 Å². The van der Waals surface area contributed by atoms with Crippen molar-refractivity contribution in [3.05, 3.63) is 48.5 Å². The maximum absolute atomic E-state index is 13.4. The van der Waals surface area contributed by atoms with Gasteiger partial charge in [0.1, 0.15) is 5.82 Å². The van der Waals surface area contributed by atoms with Crippen molar-refractivity contribution in [2.45, 2.75) is 20.3 Å². The summed E-state index contributed by atoms with van der Waals surface area (Å²) in [6.45, 7) is 5.78. The first-order valence-electron chi connectivity index (χ1n) is 5.35. The number of aromatic nitrogens is 2. The molecule has 2 aromatic rings. The summed E-state index contributed by atoms with van der Waals surface area (Å²) in [5.41, 5.74) is 2.11. The van der Waals surface area contributed by atoms with E-state index < -0.39 is 0 Å². The van der Waals surface area contributed by atoms with Crippen LogP contribution in [-0.2, 0) is 0 Å². The van der Waals surface area contributed by atoms with Gasteiger partial charge in [-0.05, 0) is 13.3 Å². The molecule has 16 heavy (non-hydrogen) atoms. The van der Waals surface area contributed by atoms with Crippen LogP contribution in [-0.4, -0.2) is 9.55 Å². The van der Waals surface area contributed by atoms with E-state index in [1.54, 1.807) is 6.54 Å². The number of hydrogen-bond acceptors (Lipinski definition) is 1. The molecular weight excluding hydrogens is 203 g/mol. The summed E-state index contributed by atoms with van der Waals surface area (Å²) < 4.78 is 14.9. The second-order valence-electron chi connectivity index (χ2n) is 3.73. The minimum atomic E-state index is -0.322. The summed E-state index contributed by atoms with van der Waals surface area (Å²) >= 11 is 0. The van der Waals surface area contributed by atoms with Gasteiger partial charge in [-0.2, -0.15) is 4.39 Å². The lowest BCUT2D eigenvalue weighted by atomic mass is 10.1. The van der Waals surface area contributed by atoms with Crippen LogP contribution in [0.5, 0.6) is 0 Å². The quantitative estimate of drug-likeness (QED) is 0.770. The minimum Gasteiger partial charge on any atom is -0.296 e. The van der Waals surface area contributed by atoms with Crippen LogP contribution in [0.15, 0.2) is 30.5 Å². The maximum atomic E-state index is 13.4. The zero-order valence-electron chi connectivity index (χ0n) is 9.44. The Hall–Kier alpha value is -1.64. The third-order valence-electron chi connectivity index (χ3n) is 2.43. The molecule has 0 amide bonds. The van der Waals surface area contributed by atoms with Crippen molar-refractivity contribution < 1.29 is 4.39 Å². The van der Waals surface area contributed by atoms with Gasteiger partial charge in [-0.25, -0.2) is 4.98 Å². The van der Waals surface area contributed by atoms with Gasteiger partial charge < -0.3 is 0 Å². The van der Waals surface area contributed by atoms with Gasteiger partial charge in [-0.3, -0.25) is 4.57 Å². The van der Waals surface area contributed by atoms with E-state index in [-0.39, 0.29) is 5.95 Å². The van der Waals surface area contributed by atoms with Gasteiger partial charge in [0.05, 0.1) is 12.7 Å². The molecule has 1 aromatic heterocycles. The van der Waals surface area contributed by atoms with E-state index in [1.165, 1.54) is 16.3 Å². The molecule has 1 heterocycles. The van der Waals surface area contributed by atoms with Crippen LogP contribution in [0.1, 0.15) is 18.9 Å². The highest BCUT2D eigenvalue weighted by molar-refractivity contribution is 5.56. The molecule has 2 rings (SSSR count). The average Bonchev–Trinajstić information content (AvgIpc) is 2.63. The number of imidazole rings is 1. The van der Waals surface area contributed by atoms with E-state index >= 15 is 0 Å². The third-order valence-corrected chi connectivity index (χ3v) is 2.43. The lowest BCUT2D eigenvalue weighted by Gasteiger charge is -2.06. The molecule has 0 aliphatic carbocycles. The average molecular weight is 217 g/mol. The van der Waals surface area contributed by atoms with Gasteiger partial charge in [0, 0.05) is 5.56 Å². The van der Waals surface area contributed by atoms with Crippen LogP contribution in [0, 0.1) is 19.4 Å². The second-order valence-corrected chi connectivity index (χ2v) is 3.73. The Balaban J connectivity index is 2.43. The van der Waals surface area contributed by atoms with Gasteiger partial charge in [-0.15, -0.1) is 0 Å². The summed E-state index contributed by atoms with van der Waals surface area (Å²) in [5, 5.41) is 0. The fraction of sp³-hybridized carbons (Fsp3) is 0.231. The van der Waals surface area contributed by atoms with Crippen molar-refractivity contribution in [2.75, 3.05) is 0 Å². The first kappa shape index (κ1) is 10.9. The van der Waals surface area contributed by atoms with E-state index in [0.29, 0.717) is 5.82 Å². The number of benzene rings is 1. The summed E-state index contributed by atoms with van der Waals surface area (Å²) in [7, 11) is 0. The molecule has 0 aliphatic rings. The van der Waals surface area contributed by atoms with Crippen molar-refractivity contribution in [3.8, 4) is 11.4 Å². The van der Waals surface area contributed by atoms with Crippen molar-refractivity contribution >= 4 is 0 Å². The molecule has 0 atom stereocenters. The van der Waals surface area contributed by atoms with E-state index in [4.69, 9.17) is 0 Å². The van der Waals surface area contributed by atoms with E-state index in [1.807, 2.05) is 38.1 Å². The molecule has 0 saturated carbocycles. The molecule has 83 valence electrons. The molecule has 0 aliphatic heterocycles. The number of halogens is 1. The summed E-state index contributed by atoms with van der Waals surface area (Å²) in [4.78, 5) is 4.09. The predicted octanol–water partition coefficient (Wildman–Crippen LogP) is 3.42. The Morgan fingerprint density at radius 1 is 1.31 bits per heavy atom. The molecule has 0 N–H and O–H groups in total. The van der Waals surface area contributed by atoms with Crippen molar-refractivity contribution in [1.29, 1.82) is 0 Å². The Kier molecular flexibility index (Phi) is 3.04. The SMILES string of the molecule is CC[CH]n1c(F)cnc1-c1ccc(C)cc1. The van der Waals surface area contributed by atoms with Gasteiger partial charge in [-0.1, -0.05) is 36.8 Å². The first-order chi connectivity index (χ1) is 7.72. The summed E-state index contributed by atoms with van der Waals surface area (Å²) in [5.74, 6) is 0.330. The van der Waals surface area contributed by atoms with Crippen LogP contribution < -0.4 is 0 Å². The number of hydrogen-bond donors (Lipinski definition) is 0. The molecule has 1 radical (unpaired) electrons. The molecule has 0 spiro atoms.